The molecule has 0 aromatic rings. The van der Waals surface area contributed by atoms with Crippen LogP contribution in [0.15, 0.2) is 12.4 Å². The van der Waals surface area contributed by atoms with E-state index in [-0.39, 0.29) is 6.29 Å². The van der Waals surface area contributed by atoms with Crippen molar-refractivity contribution >= 4 is 0 Å². The average Bonchev–Trinajstić information content (AvgIpc) is 2.52. The second-order valence-corrected chi connectivity index (χ2v) is 3.30. The maximum atomic E-state index is 5.52. The minimum Gasteiger partial charge on any atom is -0.350 e. The van der Waals surface area contributed by atoms with E-state index in [2.05, 4.69) is 22.2 Å². The molecule has 3 aliphatic heterocycles. The molecule has 0 aromatic heterocycles. The van der Waals surface area contributed by atoms with Gasteiger partial charge < -0.3 is 19.3 Å². The van der Waals surface area contributed by atoms with Crippen molar-refractivity contribution in [2.75, 3.05) is 26.3 Å². The second-order valence-electron chi connectivity index (χ2n) is 3.30. The molecule has 3 rings (SSSR count). The highest BCUT2D eigenvalue weighted by Crippen LogP contribution is 2.27. The monoisotopic (exact) mass is 168 g/mol. The zero-order valence-corrected chi connectivity index (χ0v) is 6.85. The summed E-state index contributed by atoms with van der Waals surface area (Å²) in [5.74, 6) is 0. The quantitative estimate of drug-likeness (QED) is 0.499. The Hall–Kier alpha value is -0.740. The normalized spacial score (nSPS) is 38.7. The summed E-state index contributed by atoms with van der Waals surface area (Å²) in [7, 11) is 0. The molecule has 12 heavy (non-hydrogen) atoms. The van der Waals surface area contributed by atoms with Crippen LogP contribution in [0.3, 0.4) is 0 Å². The van der Waals surface area contributed by atoms with Gasteiger partial charge in [-0.25, -0.2) is 0 Å². The predicted molar refractivity (Wildman–Crippen MR) is 42.0 cm³/mol. The van der Waals surface area contributed by atoms with E-state index in [0.717, 1.165) is 26.3 Å². The molecule has 0 saturated carbocycles. The zero-order chi connectivity index (χ0) is 7.97. The maximum absolute atomic E-state index is 5.52. The Morgan fingerprint density at radius 2 is 1.58 bits per heavy atom. The molecular weight excluding hydrogens is 156 g/mol. The van der Waals surface area contributed by atoms with Gasteiger partial charge in [0.2, 0.25) is 0 Å². The molecule has 2 saturated heterocycles. The van der Waals surface area contributed by atoms with Crippen LogP contribution in [0, 0.1) is 0 Å². The van der Waals surface area contributed by atoms with Crippen molar-refractivity contribution in [1.29, 1.82) is 0 Å². The number of hydrogen-bond acceptors (Lipinski definition) is 4. The van der Waals surface area contributed by atoms with E-state index in [4.69, 9.17) is 9.47 Å². The van der Waals surface area contributed by atoms with Gasteiger partial charge in [0.15, 0.2) is 12.5 Å². The van der Waals surface area contributed by atoms with E-state index >= 15 is 0 Å². The first-order valence-corrected chi connectivity index (χ1v) is 4.38. The summed E-state index contributed by atoms with van der Waals surface area (Å²) in [6.07, 6.45) is 4.54. The Kier molecular flexibility index (Phi) is 1.33. The third-order valence-electron chi connectivity index (χ3n) is 2.64. The molecule has 3 aliphatic rings. The Bertz CT molecular complexity index is 199. The molecule has 66 valence electrons. The molecule has 0 N–H and O–H groups in total. The van der Waals surface area contributed by atoms with E-state index in [1.165, 1.54) is 0 Å². The van der Waals surface area contributed by atoms with Crippen LogP contribution in [0.25, 0.3) is 0 Å². The number of ether oxygens (including phenoxy) is 2. The Morgan fingerprint density at radius 3 is 2.17 bits per heavy atom. The van der Waals surface area contributed by atoms with E-state index < -0.39 is 0 Å². The van der Waals surface area contributed by atoms with Crippen molar-refractivity contribution in [1.82, 2.24) is 9.80 Å². The number of morpholine rings is 2. The third kappa shape index (κ3) is 0.791. The van der Waals surface area contributed by atoms with Gasteiger partial charge in [-0.05, 0) is 0 Å². The van der Waals surface area contributed by atoms with Crippen LogP contribution in [-0.2, 0) is 9.47 Å². The Balaban J connectivity index is 1.88. The van der Waals surface area contributed by atoms with Crippen LogP contribution in [0.5, 0.6) is 0 Å². The fourth-order valence-electron chi connectivity index (χ4n) is 2.03. The lowest BCUT2D eigenvalue weighted by Gasteiger charge is -2.44. The van der Waals surface area contributed by atoms with Crippen LogP contribution >= 0.6 is 0 Å². The van der Waals surface area contributed by atoms with Crippen LogP contribution in [0.1, 0.15) is 0 Å². The molecule has 0 unspecified atom stereocenters. The summed E-state index contributed by atoms with van der Waals surface area (Å²) in [5.41, 5.74) is 0. The summed E-state index contributed by atoms with van der Waals surface area (Å²) in [4.78, 5) is 4.57. The molecule has 4 heteroatoms. The molecule has 0 atom stereocenters. The molecule has 0 aromatic carbocycles. The molecule has 0 spiro atoms. The first kappa shape index (κ1) is 6.74. The lowest BCUT2D eigenvalue weighted by atomic mass is 10.3. The van der Waals surface area contributed by atoms with Gasteiger partial charge in [-0.2, -0.15) is 0 Å². The fourth-order valence-corrected chi connectivity index (χ4v) is 2.03. The van der Waals surface area contributed by atoms with Crippen LogP contribution < -0.4 is 0 Å². The first-order chi connectivity index (χ1) is 5.95. The summed E-state index contributed by atoms with van der Waals surface area (Å²) in [6.45, 7) is 3.52. The molecule has 2 fully saturated rings. The van der Waals surface area contributed by atoms with E-state index in [1.54, 1.807) is 0 Å². The Morgan fingerprint density at radius 1 is 1.00 bits per heavy atom. The van der Waals surface area contributed by atoms with Gasteiger partial charge in [0, 0.05) is 25.5 Å². The number of hydrogen-bond donors (Lipinski definition) is 0. The second kappa shape index (κ2) is 2.37. The van der Waals surface area contributed by atoms with Crippen LogP contribution in [0.4, 0.5) is 0 Å². The summed E-state index contributed by atoms with van der Waals surface area (Å²) >= 11 is 0. The smallest absolute Gasteiger partial charge is 0.196 e. The summed E-state index contributed by atoms with van der Waals surface area (Å²) < 4.78 is 11.0. The minimum atomic E-state index is -0.0394. The predicted octanol–water partition coefficient (Wildman–Crippen LogP) is -0.212. The van der Waals surface area contributed by atoms with Crippen molar-refractivity contribution in [2.24, 2.45) is 0 Å². The van der Waals surface area contributed by atoms with Crippen molar-refractivity contribution < 1.29 is 9.47 Å². The summed E-state index contributed by atoms with van der Waals surface area (Å²) in [5, 5.41) is 0. The van der Waals surface area contributed by atoms with Gasteiger partial charge in [-0.1, -0.05) is 0 Å². The minimum absolute atomic E-state index is 0.0394. The molecule has 4 nitrogen and oxygen atoms in total. The summed E-state index contributed by atoms with van der Waals surface area (Å²) in [6, 6.07) is 0. The van der Waals surface area contributed by atoms with Crippen molar-refractivity contribution in [3.05, 3.63) is 12.4 Å². The van der Waals surface area contributed by atoms with E-state index in [1.807, 2.05) is 0 Å². The van der Waals surface area contributed by atoms with Crippen molar-refractivity contribution in [2.45, 2.75) is 12.5 Å². The standard InChI is InChI=1S/C8H12N2O2/c1-2-10-4-6-12-8-7(10)9(1)3-5-11-8/h1-2,7-8H,3-6H2. The molecule has 0 aliphatic carbocycles. The molecule has 3 heterocycles. The van der Waals surface area contributed by atoms with Gasteiger partial charge in [0.25, 0.3) is 0 Å². The largest absolute Gasteiger partial charge is 0.350 e. The topological polar surface area (TPSA) is 24.9 Å². The van der Waals surface area contributed by atoms with Gasteiger partial charge in [0.05, 0.1) is 13.2 Å². The SMILES string of the molecule is C1=CN2CCOC3OCCN1C32. The molecule has 0 amide bonds. The average molecular weight is 168 g/mol. The van der Waals surface area contributed by atoms with Gasteiger partial charge in [-0.3, -0.25) is 0 Å². The molecule has 0 radical (unpaired) electrons. The zero-order valence-electron chi connectivity index (χ0n) is 6.85. The maximum Gasteiger partial charge on any atom is 0.196 e. The highest BCUT2D eigenvalue weighted by molar-refractivity contribution is 5.01. The van der Waals surface area contributed by atoms with Crippen LogP contribution in [-0.4, -0.2) is 48.6 Å². The van der Waals surface area contributed by atoms with Crippen molar-refractivity contribution in [3.63, 3.8) is 0 Å². The first-order valence-electron chi connectivity index (χ1n) is 4.38. The fraction of sp³-hybridized carbons (Fsp3) is 0.750. The number of nitrogens with zero attached hydrogens (tertiary/aromatic N) is 2. The highest BCUT2D eigenvalue weighted by Gasteiger charge is 2.40. The lowest BCUT2D eigenvalue weighted by Crippen LogP contribution is -2.58. The molecule has 0 bridgehead atoms. The van der Waals surface area contributed by atoms with Gasteiger partial charge >= 0.3 is 0 Å². The van der Waals surface area contributed by atoms with Crippen molar-refractivity contribution in [3.8, 4) is 0 Å². The van der Waals surface area contributed by atoms with E-state index in [9.17, 15) is 0 Å². The van der Waals surface area contributed by atoms with E-state index in [0.29, 0.717) is 6.17 Å². The Labute approximate surface area is 71.3 Å². The third-order valence-corrected chi connectivity index (χ3v) is 2.64. The van der Waals surface area contributed by atoms with Crippen LogP contribution in [0.2, 0.25) is 0 Å². The molecular formula is C8H12N2O2. The van der Waals surface area contributed by atoms with Gasteiger partial charge in [0.1, 0.15) is 0 Å². The lowest BCUT2D eigenvalue weighted by molar-refractivity contribution is -0.244. The highest BCUT2D eigenvalue weighted by atomic mass is 16.7. The van der Waals surface area contributed by atoms with Gasteiger partial charge in [-0.15, -0.1) is 0 Å². The number of rotatable bonds is 0.